The summed E-state index contributed by atoms with van der Waals surface area (Å²) >= 11 is 0. The average Bonchev–Trinajstić information content (AvgIpc) is 2.88. The zero-order valence-corrected chi connectivity index (χ0v) is 11.3. The smallest absolute Gasteiger partial charge is 0.0616 e. The van der Waals surface area contributed by atoms with E-state index in [1.54, 1.807) is 0 Å². The summed E-state index contributed by atoms with van der Waals surface area (Å²) in [5, 5.41) is 0. The molecule has 100 valence electrons. The van der Waals surface area contributed by atoms with E-state index < -0.39 is 0 Å². The lowest BCUT2D eigenvalue weighted by molar-refractivity contribution is 0.0804. The van der Waals surface area contributed by atoms with Crippen molar-refractivity contribution in [2.45, 2.75) is 51.2 Å². The fourth-order valence-electron chi connectivity index (χ4n) is 2.98. The molecule has 1 aliphatic heterocycles. The zero-order valence-electron chi connectivity index (χ0n) is 11.3. The van der Waals surface area contributed by atoms with Crippen LogP contribution in [0.5, 0.6) is 0 Å². The Labute approximate surface area is 111 Å². The van der Waals surface area contributed by atoms with Crippen LogP contribution in [-0.2, 0) is 11.2 Å². The van der Waals surface area contributed by atoms with Crippen molar-refractivity contribution in [1.82, 2.24) is 0 Å². The van der Waals surface area contributed by atoms with E-state index in [-0.39, 0.29) is 0 Å². The fraction of sp³-hybridized carbons (Fsp3) is 0.625. The van der Waals surface area contributed by atoms with Gasteiger partial charge in [0.2, 0.25) is 0 Å². The summed E-state index contributed by atoms with van der Waals surface area (Å²) in [6.07, 6.45) is 6.06. The number of rotatable bonds is 6. The van der Waals surface area contributed by atoms with Gasteiger partial charge in [0.05, 0.1) is 6.10 Å². The summed E-state index contributed by atoms with van der Waals surface area (Å²) in [4.78, 5) is 0. The first-order valence-electron chi connectivity index (χ1n) is 7.22. The Balaban J connectivity index is 1.73. The molecule has 1 aromatic carbocycles. The first-order valence-corrected chi connectivity index (χ1v) is 7.22. The molecule has 18 heavy (non-hydrogen) atoms. The summed E-state index contributed by atoms with van der Waals surface area (Å²) in [5.41, 5.74) is 7.75. The molecule has 0 bridgehead atoms. The van der Waals surface area contributed by atoms with Gasteiger partial charge in [-0.2, -0.15) is 0 Å². The molecule has 2 N–H and O–H groups in total. The van der Waals surface area contributed by atoms with Crippen molar-refractivity contribution >= 4 is 0 Å². The maximum absolute atomic E-state index is 6.33. The minimum Gasteiger partial charge on any atom is -0.378 e. The Bertz CT molecular complexity index is 338. The number of ether oxygens (including phenoxy) is 1. The highest BCUT2D eigenvalue weighted by atomic mass is 16.5. The lowest BCUT2D eigenvalue weighted by Crippen LogP contribution is -2.35. The molecule has 0 amide bonds. The quantitative estimate of drug-likeness (QED) is 0.838. The van der Waals surface area contributed by atoms with Crippen LogP contribution in [0.4, 0.5) is 0 Å². The van der Waals surface area contributed by atoms with Crippen LogP contribution in [0.2, 0.25) is 0 Å². The van der Waals surface area contributed by atoms with Crippen LogP contribution in [0.3, 0.4) is 0 Å². The monoisotopic (exact) mass is 247 g/mol. The number of nitrogens with two attached hydrogens (primary N) is 1. The third-order valence-corrected chi connectivity index (χ3v) is 4.06. The lowest BCUT2D eigenvalue weighted by Gasteiger charge is -2.23. The fourth-order valence-corrected chi connectivity index (χ4v) is 2.98. The highest BCUT2D eigenvalue weighted by molar-refractivity contribution is 5.14. The van der Waals surface area contributed by atoms with Crippen LogP contribution in [-0.4, -0.2) is 18.8 Å². The van der Waals surface area contributed by atoms with Crippen molar-refractivity contribution in [2.24, 2.45) is 11.7 Å². The van der Waals surface area contributed by atoms with Gasteiger partial charge in [-0.15, -0.1) is 0 Å². The summed E-state index contributed by atoms with van der Waals surface area (Å²) in [6, 6.07) is 11.0. The summed E-state index contributed by atoms with van der Waals surface area (Å²) in [6.45, 7) is 3.09. The molecule has 1 fully saturated rings. The number of hydrogen-bond acceptors (Lipinski definition) is 2. The van der Waals surface area contributed by atoms with Crippen LogP contribution < -0.4 is 5.73 Å². The van der Waals surface area contributed by atoms with E-state index >= 15 is 0 Å². The van der Waals surface area contributed by atoms with Gasteiger partial charge in [0.15, 0.2) is 0 Å². The van der Waals surface area contributed by atoms with Gasteiger partial charge in [0.25, 0.3) is 0 Å². The molecular weight excluding hydrogens is 222 g/mol. The van der Waals surface area contributed by atoms with E-state index in [2.05, 4.69) is 37.3 Å². The van der Waals surface area contributed by atoms with Gasteiger partial charge < -0.3 is 10.5 Å². The molecule has 3 unspecified atom stereocenters. The standard InChI is InChI=1S/C16H25NO/c1-2-16-14(11-12-18-16)15(17)10-6-9-13-7-4-3-5-8-13/h3-5,7-8,14-16H,2,6,9-12,17H2,1H3. The molecule has 0 saturated carbocycles. The normalized spacial score (nSPS) is 25.2. The highest BCUT2D eigenvalue weighted by Crippen LogP contribution is 2.27. The van der Waals surface area contributed by atoms with Gasteiger partial charge in [0.1, 0.15) is 0 Å². The van der Waals surface area contributed by atoms with E-state index in [9.17, 15) is 0 Å². The largest absolute Gasteiger partial charge is 0.378 e. The summed E-state index contributed by atoms with van der Waals surface area (Å²) in [5.74, 6) is 0.575. The van der Waals surface area contributed by atoms with Crippen molar-refractivity contribution in [3.8, 4) is 0 Å². The Hall–Kier alpha value is -0.860. The Morgan fingerprint density at radius 2 is 2.11 bits per heavy atom. The highest BCUT2D eigenvalue weighted by Gasteiger charge is 2.31. The SMILES string of the molecule is CCC1OCCC1C(N)CCCc1ccccc1. The first-order chi connectivity index (χ1) is 8.81. The Morgan fingerprint density at radius 3 is 2.83 bits per heavy atom. The Morgan fingerprint density at radius 1 is 1.33 bits per heavy atom. The number of hydrogen-bond donors (Lipinski definition) is 1. The van der Waals surface area contributed by atoms with E-state index in [1.165, 1.54) is 12.0 Å². The van der Waals surface area contributed by atoms with Crippen LogP contribution >= 0.6 is 0 Å². The molecule has 2 nitrogen and oxygen atoms in total. The summed E-state index contributed by atoms with van der Waals surface area (Å²) < 4.78 is 5.72. The van der Waals surface area contributed by atoms with Gasteiger partial charge in [-0.1, -0.05) is 37.3 Å². The average molecular weight is 247 g/mol. The van der Waals surface area contributed by atoms with E-state index in [0.29, 0.717) is 18.1 Å². The maximum Gasteiger partial charge on any atom is 0.0616 e. The van der Waals surface area contributed by atoms with Gasteiger partial charge in [-0.3, -0.25) is 0 Å². The van der Waals surface area contributed by atoms with Crippen LogP contribution in [0.15, 0.2) is 30.3 Å². The maximum atomic E-state index is 6.33. The molecule has 0 aromatic heterocycles. The molecule has 2 heteroatoms. The van der Waals surface area contributed by atoms with Crippen molar-refractivity contribution in [2.75, 3.05) is 6.61 Å². The molecule has 1 aromatic rings. The third kappa shape index (κ3) is 3.56. The third-order valence-electron chi connectivity index (χ3n) is 4.06. The lowest BCUT2D eigenvalue weighted by atomic mass is 9.88. The molecular formula is C16H25NO. The van der Waals surface area contributed by atoms with Gasteiger partial charge in [0, 0.05) is 18.6 Å². The topological polar surface area (TPSA) is 35.2 Å². The predicted molar refractivity (Wildman–Crippen MR) is 75.5 cm³/mol. The van der Waals surface area contributed by atoms with Crippen molar-refractivity contribution < 1.29 is 4.74 Å². The second-order valence-corrected chi connectivity index (χ2v) is 5.31. The minimum absolute atomic E-state index is 0.307. The summed E-state index contributed by atoms with van der Waals surface area (Å²) in [7, 11) is 0. The minimum atomic E-state index is 0.307. The molecule has 0 aliphatic carbocycles. The van der Waals surface area contributed by atoms with Crippen molar-refractivity contribution in [3.05, 3.63) is 35.9 Å². The number of aryl methyl sites for hydroxylation is 1. The molecule has 3 atom stereocenters. The van der Waals surface area contributed by atoms with Crippen molar-refractivity contribution in [3.63, 3.8) is 0 Å². The Kier molecular flexibility index (Phi) is 5.21. The van der Waals surface area contributed by atoms with Crippen LogP contribution in [0.25, 0.3) is 0 Å². The molecule has 0 radical (unpaired) electrons. The van der Waals surface area contributed by atoms with Crippen molar-refractivity contribution in [1.29, 1.82) is 0 Å². The van der Waals surface area contributed by atoms with Crippen LogP contribution in [0, 0.1) is 5.92 Å². The molecule has 0 spiro atoms. The van der Waals surface area contributed by atoms with Gasteiger partial charge >= 0.3 is 0 Å². The van der Waals surface area contributed by atoms with Gasteiger partial charge in [-0.25, -0.2) is 0 Å². The molecule has 1 saturated heterocycles. The second-order valence-electron chi connectivity index (χ2n) is 5.31. The van der Waals surface area contributed by atoms with E-state index in [0.717, 1.165) is 32.3 Å². The van der Waals surface area contributed by atoms with Crippen LogP contribution in [0.1, 0.15) is 38.2 Å². The zero-order chi connectivity index (χ0) is 12.8. The molecule has 2 rings (SSSR count). The molecule has 1 aliphatic rings. The number of benzene rings is 1. The first kappa shape index (κ1) is 13.6. The molecule has 1 heterocycles. The predicted octanol–water partition coefficient (Wildman–Crippen LogP) is 3.15. The van der Waals surface area contributed by atoms with E-state index in [1.807, 2.05) is 0 Å². The second kappa shape index (κ2) is 6.91. The van der Waals surface area contributed by atoms with E-state index in [4.69, 9.17) is 10.5 Å². The van der Waals surface area contributed by atoms with Gasteiger partial charge in [-0.05, 0) is 37.7 Å².